The number of halogens is 1. The molecule has 0 unspecified atom stereocenters. The Morgan fingerprint density at radius 3 is 2.88 bits per heavy atom. The molecule has 0 radical (unpaired) electrons. The third-order valence-electron chi connectivity index (χ3n) is 4.44. The van der Waals surface area contributed by atoms with Crippen LogP contribution in [0, 0.1) is 0 Å². The molecule has 0 fully saturated rings. The minimum atomic E-state index is 0. The van der Waals surface area contributed by atoms with Crippen LogP contribution in [0.15, 0.2) is 47.5 Å². The molecule has 0 saturated heterocycles. The predicted molar refractivity (Wildman–Crippen MR) is 114 cm³/mol. The molecule has 1 heterocycles. The number of H-pyrrole nitrogens is 1. The van der Waals surface area contributed by atoms with Crippen molar-refractivity contribution in [2.75, 3.05) is 11.9 Å². The summed E-state index contributed by atoms with van der Waals surface area (Å²) < 4.78 is 0. The maximum absolute atomic E-state index is 6.00. The van der Waals surface area contributed by atoms with Gasteiger partial charge >= 0.3 is 0 Å². The van der Waals surface area contributed by atoms with Crippen molar-refractivity contribution in [2.24, 2.45) is 10.7 Å². The van der Waals surface area contributed by atoms with Gasteiger partial charge in [-0.3, -0.25) is 4.99 Å². The van der Waals surface area contributed by atoms with Crippen LogP contribution in [0.3, 0.4) is 0 Å². The van der Waals surface area contributed by atoms with E-state index in [1.54, 1.807) is 0 Å². The van der Waals surface area contributed by atoms with Gasteiger partial charge in [0.2, 0.25) is 0 Å². The Labute approximate surface area is 164 Å². The summed E-state index contributed by atoms with van der Waals surface area (Å²) in [5, 5.41) is 3.18. The molecule has 0 aliphatic heterocycles. The lowest BCUT2D eigenvalue weighted by Crippen LogP contribution is -2.23. The number of rotatable bonds is 4. The van der Waals surface area contributed by atoms with Crippen LogP contribution in [-0.4, -0.2) is 22.5 Å². The average Bonchev–Trinajstić information content (AvgIpc) is 3.20. The zero-order chi connectivity index (χ0) is 16.4. The maximum atomic E-state index is 6.00. The summed E-state index contributed by atoms with van der Waals surface area (Å²) in [5.41, 5.74) is 11.9. The fourth-order valence-electron chi connectivity index (χ4n) is 3.24. The number of aromatic nitrogens is 2. The molecule has 25 heavy (non-hydrogen) atoms. The monoisotopic (exact) mass is 447 g/mol. The molecule has 5 nitrogen and oxygen atoms in total. The van der Waals surface area contributed by atoms with E-state index in [2.05, 4.69) is 38.5 Å². The number of hydrogen-bond acceptors (Lipinski definition) is 2. The third kappa shape index (κ3) is 4.12. The van der Waals surface area contributed by atoms with Crippen molar-refractivity contribution in [3.63, 3.8) is 0 Å². The Bertz CT molecular complexity index is 867. The summed E-state index contributed by atoms with van der Waals surface area (Å²) in [7, 11) is 0. The number of benzene rings is 2. The number of fused-ring (bicyclic) bond motifs is 2. The van der Waals surface area contributed by atoms with E-state index in [0.717, 1.165) is 35.4 Å². The van der Waals surface area contributed by atoms with Crippen LogP contribution in [0.2, 0.25) is 0 Å². The molecule has 2 aromatic carbocycles. The first-order valence-electron chi connectivity index (χ1n) is 8.40. The fraction of sp³-hybridized carbons (Fsp3) is 0.263. The lowest BCUT2D eigenvalue weighted by Gasteiger charge is -2.07. The molecule has 1 aromatic heterocycles. The summed E-state index contributed by atoms with van der Waals surface area (Å²) in [5.74, 6) is 1.38. The number of anilines is 1. The first kappa shape index (κ1) is 17.7. The van der Waals surface area contributed by atoms with Gasteiger partial charge in [0.15, 0.2) is 5.96 Å². The zero-order valence-corrected chi connectivity index (χ0v) is 16.3. The Kier molecular flexibility index (Phi) is 5.57. The molecule has 0 spiro atoms. The number of aliphatic imine (C=N–C) groups is 1. The number of nitrogens with zero attached hydrogens (tertiary/aromatic N) is 2. The Hall–Kier alpha value is -2.09. The van der Waals surface area contributed by atoms with Crippen LogP contribution < -0.4 is 11.1 Å². The molecule has 1 aliphatic rings. The molecular formula is C19H22IN5. The van der Waals surface area contributed by atoms with Gasteiger partial charge in [-0.1, -0.05) is 18.2 Å². The Morgan fingerprint density at radius 1 is 1.16 bits per heavy atom. The van der Waals surface area contributed by atoms with Crippen LogP contribution >= 0.6 is 24.0 Å². The quantitative estimate of drug-likeness (QED) is 0.325. The largest absolute Gasteiger partial charge is 0.370 e. The van der Waals surface area contributed by atoms with Crippen molar-refractivity contribution in [1.29, 1.82) is 0 Å². The summed E-state index contributed by atoms with van der Waals surface area (Å²) in [6, 6.07) is 14.5. The molecule has 4 N–H and O–H groups in total. The fourth-order valence-corrected chi connectivity index (χ4v) is 3.24. The van der Waals surface area contributed by atoms with Gasteiger partial charge in [0.05, 0.1) is 11.0 Å². The van der Waals surface area contributed by atoms with Gasteiger partial charge in [-0.25, -0.2) is 4.98 Å². The van der Waals surface area contributed by atoms with Gasteiger partial charge in [-0.05, 0) is 54.7 Å². The minimum Gasteiger partial charge on any atom is -0.370 e. The number of imidazole rings is 1. The highest BCUT2D eigenvalue weighted by atomic mass is 127. The van der Waals surface area contributed by atoms with Crippen LogP contribution in [0.25, 0.3) is 11.0 Å². The van der Waals surface area contributed by atoms with Crippen molar-refractivity contribution in [3.8, 4) is 0 Å². The number of hydrogen-bond donors (Lipinski definition) is 3. The highest BCUT2D eigenvalue weighted by molar-refractivity contribution is 14.0. The second-order valence-corrected chi connectivity index (χ2v) is 6.18. The van der Waals surface area contributed by atoms with Gasteiger partial charge < -0.3 is 16.0 Å². The summed E-state index contributed by atoms with van der Waals surface area (Å²) in [6.07, 6.45) is 4.34. The standard InChI is InChI=1S/C19H21N5.HI/c20-19(22-15-9-8-13-4-3-5-14(13)12-15)21-11-10-18-23-16-6-1-2-7-17(16)24-18;/h1-2,6-9,12H,3-5,10-11H2,(H,23,24)(H3,20,21,22);1H. The van der Waals surface area contributed by atoms with Crippen molar-refractivity contribution >= 4 is 46.7 Å². The van der Waals surface area contributed by atoms with Gasteiger partial charge in [0.1, 0.15) is 5.82 Å². The zero-order valence-electron chi connectivity index (χ0n) is 14.0. The first-order chi connectivity index (χ1) is 11.8. The lowest BCUT2D eigenvalue weighted by molar-refractivity contribution is 0.898. The summed E-state index contributed by atoms with van der Waals surface area (Å²) >= 11 is 0. The number of nitrogens with two attached hydrogens (primary N) is 1. The number of aromatic amines is 1. The van der Waals surface area contributed by atoms with E-state index < -0.39 is 0 Å². The van der Waals surface area contributed by atoms with E-state index in [4.69, 9.17) is 5.73 Å². The number of para-hydroxylation sites is 2. The van der Waals surface area contributed by atoms with Gasteiger partial charge in [-0.2, -0.15) is 0 Å². The van der Waals surface area contributed by atoms with E-state index >= 15 is 0 Å². The Balaban J connectivity index is 0.00000182. The van der Waals surface area contributed by atoms with E-state index in [1.807, 2.05) is 24.3 Å². The molecule has 0 saturated carbocycles. The van der Waals surface area contributed by atoms with Gasteiger partial charge in [-0.15, -0.1) is 24.0 Å². The molecule has 6 heteroatoms. The van der Waals surface area contributed by atoms with Crippen LogP contribution in [-0.2, 0) is 19.3 Å². The second kappa shape index (κ2) is 7.86. The van der Waals surface area contributed by atoms with Gasteiger partial charge in [0.25, 0.3) is 0 Å². The average molecular weight is 447 g/mol. The molecular weight excluding hydrogens is 425 g/mol. The smallest absolute Gasteiger partial charge is 0.193 e. The number of aryl methyl sites for hydroxylation is 2. The molecule has 130 valence electrons. The normalized spacial score (nSPS) is 13.5. The van der Waals surface area contributed by atoms with Crippen molar-refractivity contribution in [2.45, 2.75) is 25.7 Å². The van der Waals surface area contributed by atoms with E-state index in [0.29, 0.717) is 12.5 Å². The Morgan fingerprint density at radius 2 is 2.00 bits per heavy atom. The second-order valence-electron chi connectivity index (χ2n) is 6.18. The van der Waals surface area contributed by atoms with Crippen LogP contribution in [0.5, 0.6) is 0 Å². The van der Waals surface area contributed by atoms with Crippen LogP contribution in [0.4, 0.5) is 5.69 Å². The topological polar surface area (TPSA) is 79.1 Å². The molecule has 0 atom stereocenters. The van der Waals surface area contributed by atoms with Crippen molar-refractivity contribution in [3.05, 3.63) is 59.4 Å². The number of guanidine groups is 1. The summed E-state index contributed by atoms with van der Waals surface area (Å²) in [4.78, 5) is 12.3. The molecule has 3 aromatic rings. The summed E-state index contributed by atoms with van der Waals surface area (Å²) in [6.45, 7) is 0.601. The predicted octanol–water partition coefficient (Wildman–Crippen LogP) is 3.64. The minimum absolute atomic E-state index is 0. The first-order valence-corrected chi connectivity index (χ1v) is 8.40. The van der Waals surface area contributed by atoms with E-state index in [1.165, 1.54) is 24.0 Å². The van der Waals surface area contributed by atoms with Gasteiger partial charge in [0, 0.05) is 18.7 Å². The lowest BCUT2D eigenvalue weighted by atomic mass is 10.1. The van der Waals surface area contributed by atoms with Crippen molar-refractivity contribution < 1.29 is 0 Å². The molecule has 1 aliphatic carbocycles. The highest BCUT2D eigenvalue weighted by Crippen LogP contribution is 2.24. The van der Waals surface area contributed by atoms with Crippen molar-refractivity contribution in [1.82, 2.24) is 9.97 Å². The molecule has 4 rings (SSSR count). The highest BCUT2D eigenvalue weighted by Gasteiger charge is 2.10. The van der Waals surface area contributed by atoms with E-state index in [-0.39, 0.29) is 24.0 Å². The SMILES string of the molecule is I.NC(=NCCc1nc2ccccc2[nH]1)Nc1ccc2c(c1)CCC2. The number of nitrogens with one attached hydrogen (secondary N) is 2. The maximum Gasteiger partial charge on any atom is 0.193 e. The van der Waals surface area contributed by atoms with E-state index in [9.17, 15) is 0 Å². The van der Waals surface area contributed by atoms with Crippen LogP contribution in [0.1, 0.15) is 23.4 Å². The third-order valence-corrected chi connectivity index (χ3v) is 4.44. The molecule has 0 amide bonds. The molecule has 0 bridgehead atoms.